The van der Waals surface area contributed by atoms with E-state index < -0.39 is 9.84 Å². The van der Waals surface area contributed by atoms with Crippen molar-refractivity contribution in [3.05, 3.63) is 35.2 Å². The highest BCUT2D eigenvalue weighted by Crippen LogP contribution is 2.36. The fourth-order valence-electron chi connectivity index (χ4n) is 3.91. The Balaban J connectivity index is 1.35. The smallest absolute Gasteiger partial charge is 0.407 e. The summed E-state index contributed by atoms with van der Waals surface area (Å²) in [6.45, 7) is 5.75. The third-order valence-electron chi connectivity index (χ3n) is 5.23. The van der Waals surface area contributed by atoms with Crippen molar-refractivity contribution in [3.63, 3.8) is 0 Å². The molecule has 0 aromatic carbocycles. The highest BCUT2D eigenvalue weighted by Gasteiger charge is 2.31. The zero-order chi connectivity index (χ0) is 21.5. The van der Waals surface area contributed by atoms with Gasteiger partial charge >= 0.3 is 6.09 Å². The number of H-pyrrole nitrogens is 1. The summed E-state index contributed by atoms with van der Waals surface area (Å²) in [4.78, 5) is 16.4. The average Bonchev–Trinajstić information content (AvgIpc) is 3.30. The number of hydrogen-bond acceptors (Lipinski definition) is 7. The number of rotatable bonds is 4. The molecule has 0 bridgehead atoms. The molecule has 0 spiro atoms. The Kier molecular flexibility index (Phi) is 5.21. The molecule has 3 heterocycles. The summed E-state index contributed by atoms with van der Waals surface area (Å²) in [7, 11) is -3.08. The van der Waals surface area contributed by atoms with E-state index in [-0.39, 0.29) is 35.2 Å². The van der Waals surface area contributed by atoms with Crippen molar-refractivity contribution in [2.75, 3.05) is 5.32 Å². The predicted molar refractivity (Wildman–Crippen MR) is 112 cm³/mol. The summed E-state index contributed by atoms with van der Waals surface area (Å²) in [5.74, 6) is 1.46. The maximum absolute atomic E-state index is 12.0. The Labute approximate surface area is 175 Å². The van der Waals surface area contributed by atoms with Gasteiger partial charge in [-0.2, -0.15) is 5.10 Å². The number of nitrogens with zero attached hydrogens (tertiary/aromatic N) is 2. The number of nitrogens with one attached hydrogen (secondary N) is 3. The van der Waals surface area contributed by atoms with E-state index >= 15 is 0 Å². The standard InChI is InChI=1S/C20H27N5O4S/c1-20(2,3)23-19(26)29-14-6-4-12(8-14)15-9-18(25-24-15)22-17-7-5-13-10-30(27,28)11-16(13)21-17/h5,7,9,12,14H,4,6,8,10-11H2,1-3H3,(H,23,26)(H2,21,22,24,25)/t12-,14+/m0/s1. The Hall–Kier alpha value is -2.62. The number of pyridine rings is 1. The van der Waals surface area contributed by atoms with E-state index in [0.29, 0.717) is 17.3 Å². The third-order valence-corrected chi connectivity index (χ3v) is 6.69. The summed E-state index contributed by atoms with van der Waals surface area (Å²) >= 11 is 0. The van der Waals surface area contributed by atoms with Crippen LogP contribution >= 0.6 is 0 Å². The molecule has 30 heavy (non-hydrogen) atoms. The molecule has 162 valence electrons. The topological polar surface area (TPSA) is 126 Å². The molecule has 2 aliphatic rings. The molecule has 9 nitrogen and oxygen atoms in total. The second-order valence-electron chi connectivity index (χ2n) is 9.08. The third kappa shape index (κ3) is 4.92. The van der Waals surface area contributed by atoms with E-state index in [1.807, 2.05) is 26.8 Å². The molecule has 0 unspecified atom stereocenters. The highest BCUT2D eigenvalue weighted by molar-refractivity contribution is 7.90. The molecule has 1 aliphatic carbocycles. The Bertz CT molecular complexity index is 1060. The maximum atomic E-state index is 12.0. The molecule has 0 radical (unpaired) electrons. The Morgan fingerprint density at radius 2 is 2.00 bits per heavy atom. The van der Waals surface area contributed by atoms with Crippen LogP contribution in [0.5, 0.6) is 0 Å². The van der Waals surface area contributed by atoms with Gasteiger partial charge in [0.05, 0.1) is 17.2 Å². The number of hydrogen-bond donors (Lipinski definition) is 3. The van der Waals surface area contributed by atoms with Gasteiger partial charge in [0.1, 0.15) is 11.9 Å². The molecular weight excluding hydrogens is 406 g/mol. The SMILES string of the molecule is CC(C)(C)NC(=O)O[C@@H]1CC[C@H](c2cc(Nc3ccc4c(n3)CS(=O)(=O)C4)n[nH]2)C1. The van der Waals surface area contributed by atoms with E-state index in [4.69, 9.17) is 4.74 Å². The number of sulfone groups is 1. The fraction of sp³-hybridized carbons (Fsp3) is 0.550. The minimum absolute atomic E-state index is 0.0179. The van der Waals surface area contributed by atoms with Gasteiger partial charge in [-0.3, -0.25) is 5.10 Å². The Morgan fingerprint density at radius 1 is 1.20 bits per heavy atom. The minimum Gasteiger partial charge on any atom is -0.446 e. The predicted octanol–water partition coefficient (Wildman–Crippen LogP) is 3.14. The van der Waals surface area contributed by atoms with Gasteiger partial charge in [0.25, 0.3) is 0 Å². The maximum Gasteiger partial charge on any atom is 0.407 e. The van der Waals surface area contributed by atoms with Crippen LogP contribution in [0.15, 0.2) is 18.2 Å². The zero-order valence-electron chi connectivity index (χ0n) is 17.4. The van der Waals surface area contributed by atoms with Gasteiger partial charge in [0, 0.05) is 23.2 Å². The quantitative estimate of drug-likeness (QED) is 0.676. The van der Waals surface area contributed by atoms with Crippen LogP contribution in [0, 0.1) is 0 Å². The van der Waals surface area contributed by atoms with Crippen molar-refractivity contribution in [2.45, 2.75) is 69.1 Å². The summed E-state index contributed by atoms with van der Waals surface area (Å²) in [5, 5.41) is 13.3. The number of carbonyl (C=O) groups is 1. The lowest BCUT2D eigenvalue weighted by atomic mass is 10.0. The van der Waals surface area contributed by atoms with Crippen molar-refractivity contribution in [3.8, 4) is 0 Å². The molecule has 1 saturated carbocycles. The first-order chi connectivity index (χ1) is 14.1. The summed E-state index contributed by atoms with van der Waals surface area (Å²) in [5.41, 5.74) is 2.01. The van der Waals surface area contributed by atoms with Crippen LogP contribution in [0.3, 0.4) is 0 Å². The van der Waals surface area contributed by atoms with Crippen LogP contribution in [0.4, 0.5) is 16.4 Å². The molecule has 1 aliphatic heterocycles. The highest BCUT2D eigenvalue weighted by atomic mass is 32.2. The number of ether oxygens (including phenoxy) is 1. The van der Waals surface area contributed by atoms with Gasteiger partial charge in [-0.05, 0) is 51.7 Å². The Morgan fingerprint density at radius 3 is 2.77 bits per heavy atom. The van der Waals surface area contributed by atoms with Crippen molar-refractivity contribution in [1.82, 2.24) is 20.5 Å². The van der Waals surface area contributed by atoms with Crippen molar-refractivity contribution >= 4 is 27.6 Å². The number of alkyl carbamates (subject to hydrolysis) is 1. The second-order valence-corrected chi connectivity index (χ2v) is 11.1. The summed E-state index contributed by atoms with van der Waals surface area (Å²) < 4.78 is 29.1. The van der Waals surface area contributed by atoms with E-state index in [1.165, 1.54) is 0 Å². The first-order valence-corrected chi connectivity index (χ1v) is 11.9. The van der Waals surface area contributed by atoms with Gasteiger partial charge in [0.2, 0.25) is 0 Å². The lowest BCUT2D eigenvalue weighted by Gasteiger charge is -2.22. The minimum atomic E-state index is -3.08. The number of fused-ring (bicyclic) bond motifs is 1. The van der Waals surface area contributed by atoms with Crippen LogP contribution in [0.2, 0.25) is 0 Å². The van der Waals surface area contributed by atoms with Crippen LogP contribution < -0.4 is 10.6 Å². The number of amides is 1. The van der Waals surface area contributed by atoms with E-state index in [9.17, 15) is 13.2 Å². The first kappa shape index (κ1) is 20.6. The number of aromatic nitrogens is 3. The zero-order valence-corrected chi connectivity index (χ0v) is 18.2. The molecular formula is C20H27N5O4S. The average molecular weight is 434 g/mol. The molecule has 2 atom stereocenters. The van der Waals surface area contributed by atoms with Gasteiger partial charge < -0.3 is 15.4 Å². The summed E-state index contributed by atoms with van der Waals surface area (Å²) in [6, 6.07) is 5.49. The van der Waals surface area contributed by atoms with Gasteiger partial charge in [-0.15, -0.1) is 0 Å². The molecule has 2 aromatic rings. The molecule has 3 N–H and O–H groups in total. The lowest BCUT2D eigenvalue weighted by Crippen LogP contribution is -2.42. The molecule has 0 saturated heterocycles. The van der Waals surface area contributed by atoms with Gasteiger partial charge in [-0.25, -0.2) is 18.2 Å². The molecule has 1 fully saturated rings. The number of aromatic amines is 1. The molecule has 1 amide bonds. The van der Waals surface area contributed by atoms with E-state index in [0.717, 1.165) is 30.5 Å². The number of carbonyl (C=O) groups excluding carboxylic acids is 1. The fourth-order valence-corrected chi connectivity index (χ4v) is 5.42. The molecule has 10 heteroatoms. The van der Waals surface area contributed by atoms with Crippen LogP contribution in [0.25, 0.3) is 0 Å². The normalized spacial score (nSPS) is 22.5. The van der Waals surface area contributed by atoms with Gasteiger partial charge in [0.15, 0.2) is 15.7 Å². The van der Waals surface area contributed by atoms with Crippen molar-refractivity contribution < 1.29 is 17.9 Å². The molecule has 2 aromatic heterocycles. The number of anilines is 2. The van der Waals surface area contributed by atoms with E-state index in [2.05, 4.69) is 25.8 Å². The second kappa shape index (κ2) is 7.57. The van der Waals surface area contributed by atoms with Crippen LogP contribution in [0.1, 0.15) is 62.9 Å². The summed E-state index contributed by atoms with van der Waals surface area (Å²) in [6.07, 6.45) is 1.96. The molecule has 4 rings (SSSR count). The lowest BCUT2D eigenvalue weighted by molar-refractivity contribution is 0.0936. The first-order valence-electron chi connectivity index (χ1n) is 10.1. The van der Waals surface area contributed by atoms with Gasteiger partial charge in [-0.1, -0.05) is 6.07 Å². The van der Waals surface area contributed by atoms with Crippen molar-refractivity contribution in [1.29, 1.82) is 0 Å². The van der Waals surface area contributed by atoms with Crippen LogP contribution in [-0.2, 0) is 26.1 Å². The largest absolute Gasteiger partial charge is 0.446 e. The van der Waals surface area contributed by atoms with Crippen LogP contribution in [-0.4, -0.2) is 41.3 Å². The monoisotopic (exact) mass is 433 g/mol. The van der Waals surface area contributed by atoms with E-state index in [1.54, 1.807) is 12.1 Å². The van der Waals surface area contributed by atoms with Crippen molar-refractivity contribution in [2.24, 2.45) is 0 Å².